The predicted molar refractivity (Wildman–Crippen MR) is 96.9 cm³/mol. The Hall–Kier alpha value is -0.120. The molecule has 4 aliphatic carbocycles. The van der Waals surface area contributed by atoms with Crippen molar-refractivity contribution in [3.8, 4) is 0 Å². The Labute approximate surface area is 152 Å². The molecule has 0 aromatic heterocycles. The minimum Gasteiger partial charge on any atom is -0.392 e. The Balaban J connectivity index is 1.52. The number of ether oxygens (including phenoxy) is 1. The maximum absolute atomic E-state index is 11.4. The number of hydrogen-bond acceptors (Lipinski definition) is 3. The molecule has 0 radical (unpaired) electrons. The van der Waals surface area contributed by atoms with E-state index in [1.165, 1.54) is 57.9 Å². The summed E-state index contributed by atoms with van der Waals surface area (Å²) in [6, 6.07) is 0. The van der Waals surface area contributed by atoms with Gasteiger partial charge in [-0.2, -0.15) is 0 Å². The summed E-state index contributed by atoms with van der Waals surface area (Å²) >= 11 is 0. The molecule has 3 heteroatoms. The lowest BCUT2D eigenvalue weighted by Gasteiger charge is -2.71. The molecule has 4 saturated carbocycles. The van der Waals surface area contributed by atoms with Gasteiger partial charge in [-0.25, -0.2) is 0 Å². The van der Waals surface area contributed by atoms with Gasteiger partial charge in [0.05, 0.1) is 12.7 Å². The van der Waals surface area contributed by atoms with Crippen LogP contribution in [0.15, 0.2) is 0 Å². The standard InChI is InChI=1S/C22H35NO2/c1-14-15-4-5-17-21(12-15,18(14)24)9-6-16-20(2)7-3-8-22(16,17)19-23(13-20)10-11-25-19/h14-19,24H,3-13H2,1-2H3/t14-,15-,16-,17-,18-,19?,20+,21-,22+/m1/s1. The topological polar surface area (TPSA) is 32.7 Å². The highest BCUT2D eigenvalue weighted by Gasteiger charge is 2.73. The van der Waals surface area contributed by atoms with Gasteiger partial charge >= 0.3 is 0 Å². The Morgan fingerprint density at radius 1 is 1.08 bits per heavy atom. The van der Waals surface area contributed by atoms with Crippen LogP contribution in [0.3, 0.4) is 0 Å². The third-order valence-electron chi connectivity index (χ3n) is 10.4. The molecule has 25 heavy (non-hydrogen) atoms. The van der Waals surface area contributed by atoms with Crippen LogP contribution in [-0.4, -0.2) is 42.0 Å². The van der Waals surface area contributed by atoms with E-state index in [0.29, 0.717) is 28.9 Å². The molecule has 1 spiro atoms. The largest absolute Gasteiger partial charge is 0.392 e. The van der Waals surface area contributed by atoms with Gasteiger partial charge in [0.15, 0.2) is 0 Å². The summed E-state index contributed by atoms with van der Waals surface area (Å²) in [5.41, 5.74) is 1.03. The van der Waals surface area contributed by atoms with Gasteiger partial charge in [-0.1, -0.05) is 20.3 Å². The molecule has 3 nitrogen and oxygen atoms in total. The molecule has 2 saturated heterocycles. The van der Waals surface area contributed by atoms with Crippen LogP contribution in [0.25, 0.3) is 0 Å². The third kappa shape index (κ3) is 1.66. The zero-order chi connectivity index (χ0) is 17.0. The van der Waals surface area contributed by atoms with Gasteiger partial charge < -0.3 is 9.84 Å². The fraction of sp³-hybridized carbons (Fsp3) is 1.00. The molecule has 0 amide bonds. The van der Waals surface area contributed by atoms with E-state index in [-0.39, 0.29) is 11.5 Å². The average molecular weight is 346 g/mol. The van der Waals surface area contributed by atoms with Crippen molar-refractivity contribution in [2.75, 3.05) is 19.7 Å². The van der Waals surface area contributed by atoms with E-state index in [1.54, 1.807) is 0 Å². The van der Waals surface area contributed by atoms with E-state index >= 15 is 0 Å². The van der Waals surface area contributed by atoms with Crippen molar-refractivity contribution >= 4 is 0 Å². The smallest absolute Gasteiger partial charge is 0.117 e. The first-order valence-corrected chi connectivity index (χ1v) is 11.1. The zero-order valence-electron chi connectivity index (χ0n) is 16.0. The summed E-state index contributed by atoms with van der Waals surface area (Å²) in [5, 5.41) is 11.4. The molecule has 4 bridgehead atoms. The molecule has 1 unspecified atom stereocenters. The van der Waals surface area contributed by atoms with Gasteiger partial charge in [-0.15, -0.1) is 0 Å². The summed E-state index contributed by atoms with van der Waals surface area (Å²) in [5.74, 6) is 2.80. The van der Waals surface area contributed by atoms with E-state index in [1.807, 2.05) is 0 Å². The van der Waals surface area contributed by atoms with Gasteiger partial charge in [0.2, 0.25) is 0 Å². The molecule has 2 heterocycles. The van der Waals surface area contributed by atoms with E-state index < -0.39 is 0 Å². The Morgan fingerprint density at radius 3 is 2.84 bits per heavy atom. The van der Waals surface area contributed by atoms with Gasteiger partial charge in [0, 0.05) is 23.9 Å². The number of aliphatic hydroxyl groups is 1. The summed E-state index contributed by atoms with van der Waals surface area (Å²) in [4.78, 5) is 2.71. The second-order valence-electron chi connectivity index (χ2n) is 11.0. The molecule has 2 aliphatic heterocycles. The van der Waals surface area contributed by atoms with Crippen molar-refractivity contribution in [1.29, 1.82) is 0 Å². The molecule has 6 aliphatic rings. The third-order valence-corrected chi connectivity index (χ3v) is 10.4. The van der Waals surface area contributed by atoms with Gasteiger partial charge in [-0.05, 0) is 74.0 Å². The maximum Gasteiger partial charge on any atom is 0.117 e. The minimum absolute atomic E-state index is 0.0645. The van der Waals surface area contributed by atoms with Crippen LogP contribution in [0.2, 0.25) is 0 Å². The van der Waals surface area contributed by atoms with E-state index in [0.717, 1.165) is 25.0 Å². The summed E-state index contributed by atoms with van der Waals surface area (Å²) in [7, 11) is 0. The molecule has 1 N–H and O–H groups in total. The number of hydrogen-bond donors (Lipinski definition) is 1. The zero-order valence-corrected chi connectivity index (χ0v) is 16.0. The first-order valence-electron chi connectivity index (χ1n) is 11.1. The highest BCUT2D eigenvalue weighted by Crippen LogP contribution is 2.75. The van der Waals surface area contributed by atoms with E-state index in [4.69, 9.17) is 4.74 Å². The lowest BCUT2D eigenvalue weighted by atomic mass is 9.38. The maximum atomic E-state index is 11.4. The first kappa shape index (κ1) is 15.9. The van der Waals surface area contributed by atoms with Gasteiger partial charge in [0.25, 0.3) is 0 Å². The molecule has 6 rings (SSSR count). The lowest BCUT2D eigenvalue weighted by Crippen LogP contribution is -2.71. The molecule has 6 fully saturated rings. The Bertz CT molecular complexity index is 595. The molecule has 0 aromatic carbocycles. The van der Waals surface area contributed by atoms with Crippen molar-refractivity contribution in [3.05, 3.63) is 0 Å². The SMILES string of the molecule is C[C@@H]1[C@@H]2CC[C@@H]3[C@@](CC[C@@H]4[C@@]5(C)CCC[C@]43C3OCCN3C5)(C2)[C@@H]1O. The minimum atomic E-state index is -0.0645. The summed E-state index contributed by atoms with van der Waals surface area (Å²) in [6.45, 7) is 8.25. The van der Waals surface area contributed by atoms with Gasteiger partial charge in [-0.3, -0.25) is 4.90 Å². The highest BCUT2D eigenvalue weighted by atomic mass is 16.5. The van der Waals surface area contributed by atoms with Crippen LogP contribution in [0.4, 0.5) is 0 Å². The van der Waals surface area contributed by atoms with Crippen LogP contribution in [0, 0.1) is 39.9 Å². The first-order chi connectivity index (χ1) is 12.0. The molecular weight excluding hydrogens is 310 g/mol. The number of piperidine rings is 1. The monoisotopic (exact) mass is 345 g/mol. The van der Waals surface area contributed by atoms with E-state index in [9.17, 15) is 5.11 Å². The summed E-state index contributed by atoms with van der Waals surface area (Å²) in [6.07, 6.45) is 11.1. The lowest BCUT2D eigenvalue weighted by molar-refractivity contribution is -0.277. The highest BCUT2D eigenvalue weighted by molar-refractivity contribution is 5.21. The molecular formula is C22H35NO2. The quantitative estimate of drug-likeness (QED) is 0.727. The summed E-state index contributed by atoms with van der Waals surface area (Å²) < 4.78 is 6.51. The normalized spacial score (nSPS) is 63.0. The van der Waals surface area contributed by atoms with Gasteiger partial charge in [0.1, 0.15) is 6.23 Å². The van der Waals surface area contributed by atoms with Crippen molar-refractivity contribution in [3.63, 3.8) is 0 Å². The fourth-order valence-corrected chi connectivity index (χ4v) is 9.71. The van der Waals surface area contributed by atoms with Crippen molar-refractivity contribution < 1.29 is 9.84 Å². The second-order valence-corrected chi connectivity index (χ2v) is 11.0. The van der Waals surface area contributed by atoms with E-state index in [2.05, 4.69) is 18.7 Å². The van der Waals surface area contributed by atoms with Crippen molar-refractivity contribution in [1.82, 2.24) is 4.90 Å². The number of rotatable bonds is 0. The molecule has 0 aromatic rings. The van der Waals surface area contributed by atoms with Crippen molar-refractivity contribution in [2.24, 2.45) is 39.9 Å². The van der Waals surface area contributed by atoms with Crippen molar-refractivity contribution in [2.45, 2.75) is 77.5 Å². The Morgan fingerprint density at radius 2 is 1.96 bits per heavy atom. The fourth-order valence-electron chi connectivity index (χ4n) is 9.71. The average Bonchev–Trinajstić information content (AvgIpc) is 3.12. The second kappa shape index (κ2) is 4.83. The number of nitrogens with zero attached hydrogens (tertiary/aromatic N) is 1. The Kier molecular flexibility index (Phi) is 3.07. The predicted octanol–water partition coefficient (Wildman–Crippen LogP) is 3.66. The molecule has 9 atom stereocenters. The number of fused-ring (bicyclic) bond motifs is 2. The van der Waals surface area contributed by atoms with Crippen LogP contribution in [0.1, 0.15) is 65.2 Å². The van der Waals surface area contributed by atoms with Crippen LogP contribution in [-0.2, 0) is 4.74 Å². The van der Waals surface area contributed by atoms with Crippen LogP contribution in [0.5, 0.6) is 0 Å². The van der Waals surface area contributed by atoms with Crippen LogP contribution < -0.4 is 0 Å². The number of aliphatic hydroxyl groups excluding tert-OH is 1. The van der Waals surface area contributed by atoms with Crippen LogP contribution >= 0.6 is 0 Å². The molecule has 140 valence electrons.